The second-order valence-corrected chi connectivity index (χ2v) is 8.66. The molecule has 7 heteroatoms. The molecule has 4 rings (SSSR count). The predicted octanol–water partition coefficient (Wildman–Crippen LogP) is 3.51. The smallest absolute Gasteiger partial charge is 0.255 e. The van der Waals surface area contributed by atoms with Gasteiger partial charge in [0, 0.05) is 32.9 Å². The van der Waals surface area contributed by atoms with E-state index in [1.54, 1.807) is 23.0 Å². The number of aromatic nitrogens is 2. The van der Waals surface area contributed by atoms with Gasteiger partial charge in [0.25, 0.3) is 5.91 Å². The summed E-state index contributed by atoms with van der Waals surface area (Å²) >= 11 is 0. The van der Waals surface area contributed by atoms with Crippen LogP contribution in [-0.4, -0.2) is 39.6 Å². The van der Waals surface area contributed by atoms with E-state index in [0.717, 1.165) is 42.8 Å². The van der Waals surface area contributed by atoms with Gasteiger partial charge in [0.1, 0.15) is 5.82 Å². The minimum atomic E-state index is -0.299. The van der Waals surface area contributed by atoms with E-state index in [1.165, 1.54) is 12.1 Å². The maximum atomic E-state index is 13.1. The van der Waals surface area contributed by atoms with E-state index in [0.29, 0.717) is 30.9 Å². The highest BCUT2D eigenvalue weighted by Gasteiger charge is 2.25. The van der Waals surface area contributed by atoms with Crippen molar-refractivity contribution in [3.63, 3.8) is 0 Å². The minimum absolute atomic E-state index is 0.165. The summed E-state index contributed by atoms with van der Waals surface area (Å²) in [6.07, 6.45) is 4.68. The molecule has 2 heterocycles. The first kappa shape index (κ1) is 22.7. The quantitative estimate of drug-likeness (QED) is 0.602. The van der Waals surface area contributed by atoms with E-state index in [-0.39, 0.29) is 17.6 Å². The van der Waals surface area contributed by atoms with Gasteiger partial charge < -0.3 is 10.2 Å². The molecule has 172 valence electrons. The SMILES string of the molecule is Cn1cc(C(=O)NCc2ccc(F)cc2)c(CC2CCN(C(=O)Cc3ccccc3)CC2)n1. The molecule has 2 aromatic carbocycles. The number of hydrogen-bond donors (Lipinski definition) is 1. The van der Waals surface area contributed by atoms with Crippen LogP contribution >= 0.6 is 0 Å². The highest BCUT2D eigenvalue weighted by Crippen LogP contribution is 2.23. The molecule has 33 heavy (non-hydrogen) atoms. The Kier molecular flexibility index (Phi) is 7.17. The van der Waals surface area contributed by atoms with Gasteiger partial charge in [-0.3, -0.25) is 14.3 Å². The summed E-state index contributed by atoms with van der Waals surface area (Å²) in [4.78, 5) is 27.4. The molecule has 1 aliphatic heterocycles. The molecule has 2 amide bonds. The number of amides is 2. The Morgan fingerprint density at radius 3 is 2.42 bits per heavy atom. The van der Waals surface area contributed by atoms with E-state index in [9.17, 15) is 14.0 Å². The lowest BCUT2D eigenvalue weighted by Crippen LogP contribution is -2.39. The summed E-state index contributed by atoms with van der Waals surface area (Å²) < 4.78 is 14.7. The van der Waals surface area contributed by atoms with Crippen molar-refractivity contribution in [3.05, 3.63) is 89.0 Å². The van der Waals surface area contributed by atoms with Crippen LogP contribution in [0.5, 0.6) is 0 Å². The number of benzene rings is 2. The molecule has 1 saturated heterocycles. The monoisotopic (exact) mass is 448 g/mol. The summed E-state index contributed by atoms with van der Waals surface area (Å²) in [5, 5.41) is 7.43. The second kappa shape index (κ2) is 10.4. The minimum Gasteiger partial charge on any atom is -0.348 e. The van der Waals surface area contributed by atoms with Gasteiger partial charge in [0.15, 0.2) is 0 Å². The lowest BCUT2D eigenvalue weighted by Gasteiger charge is -2.32. The number of carbonyl (C=O) groups excluding carboxylic acids is 2. The molecule has 1 aliphatic rings. The first-order valence-electron chi connectivity index (χ1n) is 11.3. The summed E-state index contributed by atoms with van der Waals surface area (Å²) in [6, 6.07) is 15.9. The molecule has 1 aromatic heterocycles. The van der Waals surface area contributed by atoms with E-state index in [1.807, 2.05) is 42.3 Å². The van der Waals surface area contributed by atoms with Crippen LogP contribution in [0.25, 0.3) is 0 Å². The zero-order valence-electron chi connectivity index (χ0n) is 18.8. The number of aryl methyl sites for hydroxylation is 1. The van der Waals surface area contributed by atoms with Crippen molar-refractivity contribution >= 4 is 11.8 Å². The van der Waals surface area contributed by atoms with E-state index in [2.05, 4.69) is 10.4 Å². The van der Waals surface area contributed by atoms with Crippen LogP contribution in [-0.2, 0) is 31.2 Å². The number of halogens is 1. The highest BCUT2D eigenvalue weighted by atomic mass is 19.1. The second-order valence-electron chi connectivity index (χ2n) is 8.66. The summed E-state index contributed by atoms with van der Waals surface area (Å²) in [5.41, 5.74) is 3.22. The Hall–Kier alpha value is -3.48. The van der Waals surface area contributed by atoms with Crippen molar-refractivity contribution in [1.82, 2.24) is 20.0 Å². The van der Waals surface area contributed by atoms with E-state index in [4.69, 9.17) is 0 Å². The standard InChI is InChI=1S/C26H29FN4O2/c1-30-18-23(26(33)28-17-21-7-9-22(27)10-8-21)24(29-30)15-20-11-13-31(14-12-20)25(32)16-19-5-3-2-4-6-19/h2-10,18,20H,11-17H2,1H3,(H,28,33). The summed E-state index contributed by atoms with van der Waals surface area (Å²) in [5.74, 6) is 0.0630. The zero-order valence-corrected chi connectivity index (χ0v) is 18.8. The predicted molar refractivity (Wildman–Crippen MR) is 124 cm³/mol. The Labute approximate surface area is 193 Å². The van der Waals surface area contributed by atoms with Crippen molar-refractivity contribution in [2.45, 2.75) is 32.2 Å². The fraction of sp³-hybridized carbons (Fsp3) is 0.346. The van der Waals surface area contributed by atoms with Crippen LogP contribution in [0.3, 0.4) is 0 Å². The molecule has 6 nitrogen and oxygen atoms in total. The molecular weight excluding hydrogens is 419 g/mol. The summed E-state index contributed by atoms with van der Waals surface area (Å²) in [7, 11) is 1.81. The Morgan fingerprint density at radius 2 is 1.73 bits per heavy atom. The number of piperidine rings is 1. The Morgan fingerprint density at radius 1 is 1.03 bits per heavy atom. The van der Waals surface area contributed by atoms with E-state index < -0.39 is 0 Å². The number of hydrogen-bond acceptors (Lipinski definition) is 3. The van der Waals surface area contributed by atoms with Gasteiger partial charge in [-0.05, 0) is 48.4 Å². The zero-order chi connectivity index (χ0) is 23.2. The third-order valence-electron chi connectivity index (χ3n) is 6.16. The number of nitrogens with one attached hydrogen (secondary N) is 1. The number of nitrogens with zero attached hydrogens (tertiary/aromatic N) is 3. The van der Waals surface area contributed by atoms with E-state index >= 15 is 0 Å². The van der Waals surface area contributed by atoms with Gasteiger partial charge in [0.05, 0.1) is 17.7 Å². The fourth-order valence-corrected chi connectivity index (χ4v) is 4.30. The van der Waals surface area contributed by atoms with Gasteiger partial charge in [0.2, 0.25) is 5.91 Å². The first-order valence-corrected chi connectivity index (χ1v) is 11.3. The average molecular weight is 449 g/mol. The molecule has 0 saturated carbocycles. The maximum absolute atomic E-state index is 13.1. The van der Waals surface area contributed by atoms with Crippen LogP contribution in [0.15, 0.2) is 60.8 Å². The van der Waals surface area contributed by atoms with Gasteiger partial charge in [-0.1, -0.05) is 42.5 Å². The maximum Gasteiger partial charge on any atom is 0.255 e. The van der Waals surface area contributed by atoms with Gasteiger partial charge in [-0.2, -0.15) is 5.10 Å². The molecule has 1 N–H and O–H groups in total. The normalized spacial score (nSPS) is 14.3. The van der Waals surface area contributed by atoms with Crippen molar-refractivity contribution in [1.29, 1.82) is 0 Å². The van der Waals surface area contributed by atoms with Crippen molar-refractivity contribution in [2.24, 2.45) is 13.0 Å². The fourth-order valence-electron chi connectivity index (χ4n) is 4.30. The van der Waals surface area contributed by atoms with Crippen LogP contribution in [0, 0.1) is 11.7 Å². The number of likely N-dealkylation sites (tertiary alicyclic amines) is 1. The first-order chi connectivity index (χ1) is 16.0. The highest BCUT2D eigenvalue weighted by molar-refractivity contribution is 5.95. The van der Waals surface area contributed by atoms with Crippen molar-refractivity contribution in [2.75, 3.05) is 13.1 Å². The largest absolute Gasteiger partial charge is 0.348 e. The number of rotatable bonds is 7. The van der Waals surface area contributed by atoms with Gasteiger partial charge in [-0.15, -0.1) is 0 Å². The molecule has 0 spiro atoms. The average Bonchev–Trinajstić information content (AvgIpc) is 3.19. The molecule has 0 aliphatic carbocycles. The molecule has 0 radical (unpaired) electrons. The molecular formula is C26H29FN4O2. The number of carbonyl (C=O) groups is 2. The molecule has 0 bridgehead atoms. The van der Waals surface area contributed by atoms with Crippen LogP contribution in [0.1, 0.15) is 40.0 Å². The molecule has 0 unspecified atom stereocenters. The summed E-state index contributed by atoms with van der Waals surface area (Å²) in [6.45, 7) is 1.79. The molecule has 0 atom stereocenters. The van der Waals surface area contributed by atoms with Gasteiger partial charge >= 0.3 is 0 Å². The molecule has 3 aromatic rings. The Balaban J connectivity index is 1.30. The Bertz CT molecular complexity index is 1090. The van der Waals surface area contributed by atoms with Crippen molar-refractivity contribution < 1.29 is 14.0 Å². The molecule has 1 fully saturated rings. The van der Waals surface area contributed by atoms with Crippen LogP contribution in [0.4, 0.5) is 4.39 Å². The van der Waals surface area contributed by atoms with Crippen LogP contribution in [0.2, 0.25) is 0 Å². The van der Waals surface area contributed by atoms with Crippen molar-refractivity contribution in [3.8, 4) is 0 Å². The third-order valence-corrected chi connectivity index (χ3v) is 6.16. The lowest BCUT2D eigenvalue weighted by molar-refractivity contribution is -0.131. The van der Waals surface area contributed by atoms with Crippen LogP contribution < -0.4 is 5.32 Å². The lowest BCUT2D eigenvalue weighted by atomic mass is 9.91. The topological polar surface area (TPSA) is 67.2 Å². The van der Waals surface area contributed by atoms with Gasteiger partial charge in [-0.25, -0.2) is 4.39 Å². The third kappa shape index (κ3) is 6.06.